The maximum atomic E-state index is 13.6. The van der Waals surface area contributed by atoms with Crippen molar-refractivity contribution in [2.75, 3.05) is 37.0 Å². The molecule has 178 valence electrons. The second-order valence-corrected chi connectivity index (χ2v) is 8.89. The Morgan fingerprint density at radius 1 is 0.941 bits per heavy atom. The molecular formula is C25H26N2O6S. The third-order valence-electron chi connectivity index (χ3n) is 4.79. The summed E-state index contributed by atoms with van der Waals surface area (Å²) in [7, 11) is -1.18. The Bertz CT molecular complexity index is 1230. The van der Waals surface area contributed by atoms with Gasteiger partial charge in [-0.2, -0.15) is 0 Å². The number of anilines is 2. The molecule has 3 aromatic carbocycles. The minimum Gasteiger partial charge on any atom is -0.497 e. The third kappa shape index (κ3) is 5.87. The number of nitrogens with zero attached hydrogens (tertiary/aromatic N) is 1. The molecule has 0 aliphatic carbocycles. The van der Waals surface area contributed by atoms with Gasteiger partial charge in [-0.1, -0.05) is 24.8 Å². The van der Waals surface area contributed by atoms with E-state index in [9.17, 15) is 13.2 Å². The Hall–Kier alpha value is -3.98. The molecule has 3 aromatic rings. The molecule has 0 heterocycles. The highest BCUT2D eigenvalue weighted by atomic mass is 32.2. The van der Waals surface area contributed by atoms with Crippen molar-refractivity contribution in [3.8, 4) is 17.2 Å². The molecule has 0 saturated carbocycles. The van der Waals surface area contributed by atoms with E-state index in [4.69, 9.17) is 14.2 Å². The van der Waals surface area contributed by atoms with Crippen LogP contribution >= 0.6 is 0 Å². The molecule has 34 heavy (non-hydrogen) atoms. The average molecular weight is 483 g/mol. The van der Waals surface area contributed by atoms with Gasteiger partial charge in [0.25, 0.3) is 10.0 Å². The largest absolute Gasteiger partial charge is 0.497 e. The summed E-state index contributed by atoms with van der Waals surface area (Å²) in [5, 5.41) is 2.72. The van der Waals surface area contributed by atoms with Crippen LogP contribution in [0.2, 0.25) is 0 Å². The lowest BCUT2D eigenvalue weighted by Gasteiger charge is -2.25. The molecule has 0 fully saturated rings. The fraction of sp³-hybridized carbons (Fsp3) is 0.160. The number of hydrogen-bond acceptors (Lipinski definition) is 6. The summed E-state index contributed by atoms with van der Waals surface area (Å²) < 4.78 is 44.0. The molecule has 0 saturated heterocycles. The zero-order chi connectivity index (χ0) is 24.6. The van der Waals surface area contributed by atoms with E-state index in [-0.39, 0.29) is 10.6 Å². The molecular weight excluding hydrogens is 456 g/mol. The Labute approximate surface area is 199 Å². The number of sulfonamides is 1. The lowest BCUT2D eigenvalue weighted by atomic mass is 10.3. The molecule has 0 aromatic heterocycles. The standard InChI is InChI=1S/C25H26N2O6S/c1-4-17-33-21-11-9-19(10-12-21)26-25(28)18-27(23-7-5-6-8-24(23)32-3)34(29,30)22-15-13-20(31-2)14-16-22/h4-16H,1,17-18H2,2-3H3,(H,26,28). The van der Waals surface area contributed by atoms with Gasteiger partial charge in [-0.25, -0.2) is 8.42 Å². The highest BCUT2D eigenvalue weighted by Crippen LogP contribution is 2.32. The van der Waals surface area contributed by atoms with Crippen LogP contribution in [0.3, 0.4) is 0 Å². The first-order chi connectivity index (χ1) is 16.4. The summed E-state index contributed by atoms with van der Waals surface area (Å²) in [6.07, 6.45) is 1.63. The van der Waals surface area contributed by atoms with E-state index in [0.29, 0.717) is 29.5 Å². The summed E-state index contributed by atoms with van der Waals surface area (Å²) in [5.41, 5.74) is 0.738. The Morgan fingerprint density at radius 3 is 2.21 bits per heavy atom. The molecule has 3 rings (SSSR count). The van der Waals surface area contributed by atoms with Crippen molar-refractivity contribution in [1.82, 2.24) is 0 Å². The second-order valence-electron chi connectivity index (χ2n) is 7.03. The summed E-state index contributed by atoms with van der Waals surface area (Å²) in [5.74, 6) is 0.926. The number of ether oxygens (including phenoxy) is 3. The monoisotopic (exact) mass is 482 g/mol. The van der Waals surface area contributed by atoms with Gasteiger partial charge in [0.2, 0.25) is 5.91 Å². The van der Waals surface area contributed by atoms with Crippen molar-refractivity contribution < 1.29 is 27.4 Å². The van der Waals surface area contributed by atoms with Crippen molar-refractivity contribution in [2.45, 2.75) is 4.90 Å². The van der Waals surface area contributed by atoms with E-state index >= 15 is 0 Å². The van der Waals surface area contributed by atoms with Crippen molar-refractivity contribution in [3.05, 3.63) is 85.5 Å². The van der Waals surface area contributed by atoms with Crippen molar-refractivity contribution in [3.63, 3.8) is 0 Å². The lowest BCUT2D eigenvalue weighted by molar-refractivity contribution is -0.114. The Kier molecular flexibility index (Phi) is 8.15. The van der Waals surface area contributed by atoms with Crippen LogP contribution in [-0.2, 0) is 14.8 Å². The van der Waals surface area contributed by atoms with Gasteiger partial charge in [0, 0.05) is 5.69 Å². The predicted molar refractivity (Wildman–Crippen MR) is 131 cm³/mol. The van der Waals surface area contributed by atoms with Crippen molar-refractivity contribution >= 4 is 27.3 Å². The van der Waals surface area contributed by atoms with Gasteiger partial charge in [-0.3, -0.25) is 9.10 Å². The van der Waals surface area contributed by atoms with Crippen LogP contribution in [0.4, 0.5) is 11.4 Å². The number of carbonyl (C=O) groups excluding carboxylic acids is 1. The van der Waals surface area contributed by atoms with Crippen LogP contribution in [0.25, 0.3) is 0 Å². The SMILES string of the molecule is C=CCOc1ccc(NC(=O)CN(c2ccccc2OC)S(=O)(=O)c2ccc(OC)cc2)cc1. The van der Waals surface area contributed by atoms with E-state index in [2.05, 4.69) is 11.9 Å². The van der Waals surface area contributed by atoms with E-state index in [1.807, 2.05) is 0 Å². The van der Waals surface area contributed by atoms with Crippen molar-refractivity contribution in [2.24, 2.45) is 0 Å². The highest BCUT2D eigenvalue weighted by Gasteiger charge is 2.29. The lowest BCUT2D eigenvalue weighted by Crippen LogP contribution is -2.38. The Morgan fingerprint density at radius 2 is 1.59 bits per heavy atom. The van der Waals surface area contributed by atoms with Crippen LogP contribution in [0.5, 0.6) is 17.2 Å². The molecule has 8 nitrogen and oxygen atoms in total. The van der Waals surface area contributed by atoms with Gasteiger partial charge in [0.15, 0.2) is 0 Å². The highest BCUT2D eigenvalue weighted by molar-refractivity contribution is 7.92. The molecule has 0 spiro atoms. The van der Waals surface area contributed by atoms with E-state index in [1.165, 1.54) is 26.4 Å². The first-order valence-corrected chi connectivity index (χ1v) is 11.8. The fourth-order valence-corrected chi connectivity index (χ4v) is 4.56. The minimum absolute atomic E-state index is 0.00993. The number of methoxy groups -OCH3 is 2. The van der Waals surface area contributed by atoms with Gasteiger partial charge < -0.3 is 19.5 Å². The van der Waals surface area contributed by atoms with E-state index < -0.39 is 22.5 Å². The van der Waals surface area contributed by atoms with Gasteiger partial charge in [0.1, 0.15) is 30.4 Å². The average Bonchev–Trinajstić information content (AvgIpc) is 2.86. The maximum Gasteiger partial charge on any atom is 0.264 e. The summed E-state index contributed by atoms with van der Waals surface area (Å²) in [4.78, 5) is 12.9. The van der Waals surface area contributed by atoms with Crippen LogP contribution < -0.4 is 23.8 Å². The first-order valence-electron chi connectivity index (χ1n) is 10.3. The molecule has 0 bridgehead atoms. The van der Waals surface area contributed by atoms with Crippen LogP contribution in [0.1, 0.15) is 0 Å². The molecule has 1 N–H and O–H groups in total. The van der Waals surface area contributed by atoms with Crippen LogP contribution in [0.15, 0.2) is 90.3 Å². The quantitative estimate of drug-likeness (QED) is 0.414. The number of nitrogens with one attached hydrogen (secondary N) is 1. The van der Waals surface area contributed by atoms with Gasteiger partial charge >= 0.3 is 0 Å². The Balaban J connectivity index is 1.89. The molecule has 0 aliphatic rings. The third-order valence-corrected chi connectivity index (χ3v) is 6.57. The fourth-order valence-electron chi connectivity index (χ4n) is 3.13. The number of benzene rings is 3. The number of rotatable bonds is 11. The topological polar surface area (TPSA) is 94.2 Å². The number of carbonyl (C=O) groups is 1. The van der Waals surface area contributed by atoms with Crippen molar-refractivity contribution in [1.29, 1.82) is 0 Å². The van der Waals surface area contributed by atoms with E-state index in [1.54, 1.807) is 66.7 Å². The number of amides is 1. The molecule has 0 unspecified atom stereocenters. The number of para-hydroxylation sites is 2. The van der Waals surface area contributed by atoms with Crippen LogP contribution in [-0.4, -0.2) is 41.7 Å². The van der Waals surface area contributed by atoms with Gasteiger partial charge in [-0.15, -0.1) is 0 Å². The minimum atomic E-state index is -4.11. The molecule has 0 radical (unpaired) electrons. The predicted octanol–water partition coefficient (Wildman–Crippen LogP) is 4.10. The summed E-state index contributed by atoms with van der Waals surface area (Å²) in [6.45, 7) is 3.49. The number of hydrogen-bond donors (Lipinski definition) is 1. The van der Waals surface area contributed by atoms with Gasteiger partial charge in [-0.05, 0) is 60.7 Å². The normalized spacial score (nSPS) is 10.8. The zero-order valence-corrected chi connectivity index (χ0v) is 19.7. The first kappa shape index (κ1) is 24.7. The molecule has 0 aliphatic heterocycles. The smallest absolute Gasteiger partial charge is 0.264 e. The summed E-state index contributed by atoms with van der Waals surface area (Å²) in [6, 6.07) is 19.3. The summed E-state index contributed by atoms with van der Waals surface area (Å²) >= 11 is 0. The molecule has 1 amide bonds. The van der Waals surface area contributed by atoms with Gasteiger partial charge in [0.05, 0.1) is 24.8 Å². The molecule has 0 atom stereocenters. The molecule has 9 heteroatoms. The maximum absolute atomic E-state index is 13.6. The zero-order valence-electron chi connectivity index (χ0n) is 18.9. The van der Waals surface area contributed by atoms with Crippen LogP contribution in [0, 0.1) is 0 Å². The second kappa shape index (κ2) is 11.2. The van der Waals surface area contributed by atoms with E-state index in [0.717, 1.165) is 4.31 Å².